The van der Waals surface area contributed by atoms with Crippen molar-refractivity contribution in [1.82, 2.24) is 0 Å². The van der Waals surface area contributed by atoms with Crippen molar-refractivity contribution >= 4 is 11.6 Å². The number of hydrogen-bond donors (Lipinski definition) is 2. The van der Waals surface area contributed by atoms with E-state index >= 15 is 0 Å². The number of rotatable bonds is 7. The van der Waals surface area contributed by atoms with E-state index in [0.717, 1.165) is 18.0 Å². The minimum atomic E-state index is -0.355. The van der Waals surface area contributed by atoms with Gasteiger partial charge in [0.15, 0.2) is 0 Å². The Morgan fingerprint density at radius 2 is 1.95 bits per heavy atom. The van der Waals surface area contributed by atoms with Crippen molar-refractivity contribution in [2.24, 2.45) is 5.73 Å². The molecule has 2 rings (SSSR count). The maximum absolute atomic E-state index is 10.6. The van der Waals surface area contributed by atoms with Gasteiger partial charge in [0.25, 0.3) is 0 Å². The third-order valence-electron chi connectivity index (χ3n) is 3.05. The third-order valence-corrected chi connectivity index (χ3v) is 3.05. The molecule has 0 atom stereocenters. The van der Waals surface area contributed by atoms with E-state index < -0.39 is 0 Å². The molecule has 110 valence electrons. The van der Waals surface area contributed by atoms with Gasteiger partial charge in [-0.2, -0.15) is 0 Å². The molecule has 0 aromatic heterocycles. The molecule has 2 aromatic rings. The van der Waals surface area contributed by atoms with Gasteiger partial charge < -0.3 is 15.8 Å². The van der Waals surface area contributed by atoms with E-state index in [1.54, 1.807) is 0 Å². The predicted octanol–water partition coefficient (Wildman–Crippen LogP) is 2.86. The minimum absolute atomic E-state index is 0.230. The Labute approximate surface area is 124 Å². The summed E-state index contributed by atoms with van der Waals surface area (Å²) in [6, 6.07) is 16.1. The second kappa shape index (κ2) is 7.33. The first-order valence-corrected chi connectivity index (χ1v) is 6.94. The first kappa shape index (κ1) is 14.9. The number of benzene rings is 2. The van der Waals surface area contributed by atoms with Crippen molar-refractivity contribution in [1.29, 1.82) is 0 Å². The number of nitrogens with two attached hydrogens (primary N) is 1. The van der Waals surface area contributed by atoms with E-state index in [4.69, 9.17) is 10.5 Å². The van der Waals surface area contributed by atoms with Crippen LogP contribution in [0.3, 0.4) is 0 Å². The van der Waals surface area contributed by atoms with Gasteiger partial charge in [0, 0.05) is 12.2 Å². The molecule has 0 spiro atoms. The second-order valence-corrected chi connectivity index (χ2v) is 4.93. The highest BCUT2D eigenvalue weighted by Crippen LogP contribution is 2.16. The zero-order valence-electron chi connectivity index (χ0n) is 12.1. The zero-order valence-corrected chi connectivity index (χ0v) is 12.1. The van der Waals surface area contributed by atoms with Gasteiger partial charge in [-0.3, -0.25) is 4.79 Å². The molecule has 1 amide bonds. The Hall–Kier alpha value is -2.49. The summed E-state index contributed by atoms with van der Waals surface area (Å²) < 4.78 is 5.42. The number of anilines is 1. The molecule has 4 nitrogen and oxygen atoms in total. The van der Waals surface area contributed by atoms with Crippen LogP contribution in [0.25, 0.3) is 0 Å². The molecule has 0 aliphatic rings. The van der Waals surface area contributed by atoms with E-state index in [-0.39, 0.29) is 12.3 Å². The number of carbonyl (C=O) groups excluding carboxylic acids is 1. The van der Waals surface area contributed by atoms with Crippen molar-refractivity contribution in [3.63, 3.8) is 0 Å². The van der Waals surface area contributed by atoms with Gasteiger partial charge in [-0.05, 0) is 36.8 Å². The van der Waals surface area contributed by atoms with Crippen LogP contribution in [0.4, 0.5) is 5.69 Å². The SMILES string of the molecule is Cc1cccc(CNc2ccc(OCCC(N)=O)cc2)c1. The summed E-state index contributed by atoms with van der Waals surface area (Å²) in [5.41, 5.74) is 8.59. The number of carbonyl (C=O) groups is 1. The molecule has 0 unspecified atom stereocenters. The van der Waals surface area contributed by atoms with Crippen molar-refractivity contribution < 1.29 is 9.53 Å². The van der Waals surface area contributed by atoms with Gasteiger partial charge in [0.05, 0.1) is 13.0 Å². The number of hydrogen-bond acceptors (Lipinski definition) is 3. The summed E-state index contributed by atoms with van der Waals surface area (Å²) in [7, 11) is 0. The number of primary amides is 1. The number of ether oxygens (including phenoxy) is 1. The van der Waals surface area contributed by atoms with Gasteiger partial charge in [0.2, 0.25) is 5.91 Å². The molecule has 0 saturated carbocycles. The highest BCUT2D eigenvalue weighted by molar-refractivity contribution is 5.73. The maximum atomic E-state index is 10.6. The van der Waals surface area contributed by atoms with E-state index in [1.165, 1.54) is 11.1 Å². The molecule has 0 bridgehead atoms. The highest BCUT2D eigenvalue weighted by atomic mass is 16.5. The summed E-state index contributed by atoms with van der Waals surface area (Å²) >= 11 is 0. The molecular weight excluding hydrogens is 264 g/mol. The van der Waals surface area contributed by atoms with Crippen LogP contribution >= 0.6 is 0 Å². The zero-order chi connectivity index (χ0) is 15.1. The van der Waals surface area contributed by atoms with Gasteiger partial charge in [-0.15, -0.1) is 0 Å². The van der Waals surface area contributed by atoms with Gasteiger partial charge in [0.1, 0.15) is 5.75 Å². The largest absolute Gasteiger partial charge is 0.493 e. The molecule has 0 radical (unpaired) electrons. The molecule has 21 heavy (non-hydrogen) atoms. The van der Waals surface area contributed by atoms with Crippen LogP contribution < -0.4 is 15.8 Å². The Morgan fingerprint density at radius 3 is 2.62 bits per heavy atom. The van der Waals surface area contributed by atoms with Crippen molar-refractivity contribution in [3.05, 3.63) is 59.7 Å². The van der Waals surface area contributed by atoms with E-state index in [0.29, 0.717) is 6.61 Å². The van der Waals surface area contributed by atoms with Crippen LogP contribution in [-0.2, 0) is 11.3 Å². The Kier molecular flexibility index (Phi) is 5.21. The lowest BCUT2D eigenvalue weighted by molar-refractivity contribution is -0.118. The quantitative estimate of drug-likeness (QED) is 0.821. The Balaban J connectivity index is 1.83. The minimum Gasteiger partial charge on any atom is -0.493 e. The normalized spacial score (nSPS) is 10.1. The van der Waals surface area contributed by atoms with Crippen molar-refractivity contribution in [3.8, 4) is 5.75 Å². The molecule has 0 heterocycles. The van der Waals surface area contributed by atoms with E-state index in [9.17, 15) is 4.79 Å². The molecule has 3 N–H and O–H groups in total. The highest BCUT2D eigenvalue weighted by Gasteiger charge is 1.98. The summed E-state index contributed by atoms with van der Waals surface area (Å²) in [4.78, 5) is 10.6. The Morgan fingerprint density at radius 1 is 1.19 bits per heavy atom. The van der Waals surface area contributed by atoms with Crippen LogP contribution in [0.15, 0.2) is 48.5 Å². The molecule has 0 aliphatic heterocycles. The van der Waals surface area contributed by atoms with Crippen molar-refractivity contribution in [2.45, 2.75) is 19.9 Å². The molecule has 0 saturated heterocycles. The van der Waals surface area contributed by atoms with Crippen LogP contribution in [0.1, 0.15) is 17.5 Å². The van der Waals surface area contributed by atoms with Crippen LogP contribution in [0.2, 0.25) is 0 Å². The van der Waals surface area contributed by atoms with E-state index in [1.807, 2.05) is 24.3 Å². The molecular formula is C17H20N2O2. The van der Waals surface area contributed by atoms with Crippen molar-refractivity contribution in [2.75, 3.05) is 11.9 Å². The maximum Gasteiger partial charge on any atom is 0.220 e. The smallest absolute Gasteiger partial charge is 0.220 e. The van der Waals surface area contributed by atoms with Crippen LogP contribution in [0.5, 0.6) is 5.75 Å². The lowest BCUT2D eigenvalue weighted by Crippen LogP contribution is -2.14. The van der Waals surface area contributed by atoms with E-state index in [2.05, 4.69) is 36.5 Å². The van der Waals surface area contributed by atoms with Gasteiger partial charge in [-0.1, -0.05) is 29.8 Å². The monoisotopic (exact) mass is 284 g/mol. The fraction of sp³-hybridized carbons (Fsp3) is 0.235. The standard InChI is InChI=1S/C17H20N2O2/c1-13-3-2-4-14(11-13)12-19-15-5-7-16(8-6-15)21-10-9-17(18)20/h2-8,11,19H,9-10,12H2,1H3,(H2,18,20). The average Bonchev–Trinajstić information content (AvgIpc) is 2.46. The predicted molar refractivity (Wildman–Crippen MR) is 84.3 cm³/mol. The number of amides is 1. The summed E-state index contributed by atoms with van der Waals surface area (Å²) in [5.74, 6) is 0.379. The molecule has 0 aliphatic carbocycles. The molecule has 4 heteroatoms. The molecule has 2 aromatic carbocycles. The van der Waals surface area contributed by atoms with Gasteiger partial charge >= 0.3 is 0 Å². The molecule has 0 fully saturated rings. The lowest BCUT2D eigenvalue weighted by atomic mass is 10.1. The van der Waals surface area contributed by atoms with Gasteiger partial charge in [-0.25, -0.2) is 0 Å². The summed E-state index contributed by atoms with van der Waals surface area (Å²) in [6.07, 6.45) is 0.230. The van der Waals surface area contributed by atoms with Crippen LogP contribution in [-0.4, -0.2) is 12.5 Å². The first-order chi connectivity index (χ1) is 10.1. The average molecular weight is 284 g/mol. The number of nitrogens with one attached hydrogen (secondary N) is 1. The second-order valence-electron chi connectivity index (χ2n) is 4.93. The summed E-state index contributed by atoms with van der Waals surface area (Å²) in [6.45, 7) is 3.18. The number of aryl methyl sites for hydroxylation is 1. The third kappa shape index (κ3) is 5.18. The lowest BCUT2D eigenvalue weighted by Gasteiger charge is -2.09. The Bertz CT molecular complexity index is 594. The fourth-order valence-electron chi connectivity index (χ4n) is 1.96. The fourth-order valence-corrected chi connectivity index (χ4v) is 1.96. The first-order valence-electron chi connectivity index (χ1n) is 6.94. The van der Waals surface area contributed by atoms with Crippen LogP contribution in [0, 0.1) is 6.92 Å². The summed E-state index contributed by atoms with van der Waals surface area (Å²) in [5, 5.41) is 3.36. The topological polar surface area (TPSA) is 64.3 Å².